The first-order valence-corrected chi connectivity index (χ1v) is 6.86. The van der Waals surface area contributed by atoms with E-state index in [0.717, 1.165) is 16.3 Å². The van der Waals surface area contributed by atoms with Gasteiger partial charge in [0.2, 0.25) is 0 Å². The molecule has 0 saturated heterocycles. The van der Waals surface area contributed by atoms with Gasteiger partial charge in [-0.25, -0.2) is 4.79 Å². The highest BCUT2D eigenvalue weighted by Gasteiger charge is 2.23. The lowest BCUT2D eigenvalue weighted by Crippen LogP contribution is -2.11. The van der Waals surface area contributed by atoms with E-state index in [-0.39, 0.29) is 11.5 Å². The largest absolute Gasteiger partial charge is 0.478 e. The van der Waals surface area contributed by atoms with Crippen LogP contribution >= 0.6 is 0 Å². The normalized spacial score (nSPS) is 12.5. The molecule has 0 unspecified atom stereocenters. The summed E-state index contributed by atoms with van der Waals surface area (Å²) in [5, 5.41) is 14.0. The Kier molecular flexibility index (Phi) is 2.53. The van der Waals surface area contributed by atoms with Crippen LogP contribution < -0.4 is 5.32 Å². The van der Waals surface area contributed by atoms with Gasteiger partial charge < -0.3 is 10.4 Å². The van der Waals surface area contributed by atoms with Gasteiger partial charge in [-0.15, -0.1) is 0 Å². The van der Waals surface area contributed by atoms with Gasteiger partial charge in [-0.1, -0.05) is 30.3 Å². The van der Waals surface area contributed by atoms with Gasteiger partial charge in [-0.2, -0.15) is 0 Å². The molecule has 106 valence electrons. The summed E-state index contributed by atoms with van der Waals surface area (Å²) in [5.74, 6) is -1.23. The van der Waals surface area contributed by atoms with Crippen LogP contribution in [0.2, 0.25) is 0 Å². The lowest BCUT2D eigenvalue weighted by molar-refractivity contribution is 0.0697. The lowest BCUT2D eigenvalue weighted by atomic mass is 9.94. The third-order valence-corrected chi connectivity index (χ3v) is 3.94. The van der Waals surface area contributed by atoms with E-state index in [4.69, 9.17) is 0 Å². The summed E-state index contributed by atoms with van der Waals surface area (Å²) in [5.41, 5.74) is 2.55. The van der Waals surface area contributed by atoms with E-state index < -0.39 is 5.97 Å². The molecule has 4 nitrogen and oxygen atoms in total. The predicted molar refractivity (Wildman–Crippen MR) is 84.3 cm³/mol. The summed E-state index contributed by atoms with van der Waals surface area (Å²) < 4.78 is 0. The van der Waals surface area contributed by atoms with Crippen molar-refractivity contribution in [1.82, 2.24) is 0 Å². The number of nitrogens with one attached hydrogen (secondary N) is 1. The monoisotopic (exact) mass is 289 g/mol. The summed E-state index contributed by atoms with van der Waals surface area (Å²) in [7, 11) is 0. The molecule has 1 heterocycles. The van der Waals surface area contributed by atoms with Gasteiger partial charge >= 0.3 is 5.97 Å². The first-order chi connectivity index (χ1) is 10.6. The van der Waals surface area contributed by atoms with Gasteiger partial charge in [0, 0.05) is 16.8 Å². The van der Waals surface area contributed by atoms with Crippen LogP contribution in [0.1, 0.15) is 20.7 Å². The molecule has 4 heteroatoms. The number of rotatable bonds is 1. The Balaban J connectivity index is 2.14. The topological polar surface area (TPSA) is 66.4 Å². The first-order valence-electron chi connectivity index (χ1n) is 6.86. The van der Waals surface area contributed by atoms with E-state index in [1.165, 1.54) is 0 Å². The second kappa shape index (κ2) is 4.43. The Hall–Kier alpha value is -3.14. The van der Waals surface area contributed by atoms with Crippen LogP contribution in [0.5, 0.6) is 0 Å². The van der Waals surface area contributed by atoms with E-state index in [1.807, 2.05) is 30.3 Å². The minimum Gasteiger partial charge on any atom is -0.478 e. The fraction of sp³-hybridized carbons (Fsp3) is 0. The molecule has 1 aliphatic heterocycles. The maximum atomic E-state index is 12.5. The smallest absolute Gasteiger partial charge is 0.336 e. The molecule has 0 radical (unpaired) electrons. The molecule has 22 heavy (non-hydrogen) atoms. The van der Waals surface area contributed by atoms with Crippen molar-refractivity contribution in [3.05, 3.63) is 65.7 Å². The number of carbonyl (C=O) groups excluding carboxylic acids is 1. The zero-order valence-corrected chi connectivity index (χ0v) is 11.5. The minimum atomic E-state index is -1.01. The van der Waals surface area contributed by atoms with Crippen molar-refractivity contribution >= 4 is 28.3 Å². The molecule has 2 bridgehead atoms. The van der Waals surface area contributed by atoms with E-state index in [0.29, 0.717) is 16.8 Å². The number of amides is 1. The van der Waals surface area contributed by atoms with Gasteiger partial charge in [0.25, 0.3) is 5.91 Å². The molecule has 0 aromatic heterocycles. The summed E-state index contributed by atoms with van der Waals surface area (Å²) in [6, 6.07) is 16.2. The van der Waals surface area contributed by atoms with E-state index in [9.17, 15) is 14.7 Å². The first kappa shape index (κ1) is 12.6. The molecule has 2 N–H and O–H groups in total. The highest BCUT2D eigenvalue weighted by molar-refractivity contribution is 6.18. The Morgan fingerprint density at radius 3 is 2.64 bits per heavy atom. The molecule has 0 fully saturated rings. The Labute approximate surface area is 126 Å². The molecule has 4 rings (SSSR count). The third kappa shape index (κ3) is 1.71. The second-order valence-corrected chi connectivity index (χ2v) is 5.23. The standard InChI is InChI=1S/C18H11NO3/c20-17-14-9-11(8-10-4-1-2-5-12(10)14)16-13(18(21)22)6-3-7-15(16)19-17/h1-9H,(H,19,20)(H,21,22). The van der Waals surface area contributed by atoms with Gasteiger partial charge in [0.05, 0.1) is 5.56 Å². The Morgan fingerprint density at radius 1 is 1.00 bits per heavy atom. The lowest BCUT2D eigenvalue weighted by Gasteiger charge is -2.10. The van der Waals surface area contributed by atoms with Crippen molar-refractivity contribution in [3.8, 4) is 11.1 Å². The number of carbonyl (C=O) groups is 2. The fourth-order valence-electron chi connectivity index (χ4n) is 2.98. The minimum absolute atomic E-state index is 0.181. The molecule has 3 aromatic rings. The van der Waals surface area contributed by atoms with E-state index in [1.54, 1.807) is 24.3 Å². The van der Waals surface area contributed by atoms with Crippen molar-refractivity contribution in [3.63, 3.8) is 0 Å². The number of benzene rings is 3. The SMILES string of the molecule is O=C(O)c1cccc2c1-c1cc(c3ccccc3c1)C(=O)N2. The maximum Gasteiger partial charge on any atom is 0.336 e. The van der Waals surface area contributed by atoms with Crippen molar-refractivity contribution < 1.29 is 14.7 Å². The quantitative estimate of drug-likeness (QED) is 0.716. The number of fused-ring (bicyclic) bond motifs is 6. The molecule has 1 amide bonds. The van der Waals surface area contributed by atoms with Crippen LogP contribution in [-0.4, -0.2) is 17.0 Å². The predicted octanol–water partition coefficient (Wildman–Crippen LogP) is 3.77. The molecule has 0 spiro atoms. The number of carboxylic acids is 1. The summed E-state index contributed by atoms with van der Waals surface area (Å²) in [4.78, 5) is 24.0. The zero-order valence-electron chi connectivity index (χ0n) is 11.5. The Morgan fingerprint density at radius 2 is 1.82 bits per heavy atom. The third-order valence-electron chi connectivity index (χ3n) is 3.94. The molecule has 3 aromatic carbocycles. The number of carboxylic acid groups (broad SMARTS) is 1. The molecular formula is C18H11NO3. The van der Waals surface area contributed by atoms with Crippen LogP contribution in [0, 0.1) is 0 Å². The van der Waals surface area contributed by atoms with Crippen LogP contribution in [0.3, 0.4) is 0 Å². The van der Waals surface area contributed by atoms with Crippen LogP contribution in [0.4, 0.5) is 5.69 Å². The molecule has 0 saturated carbocycles. The van der Waals surface area contributed by atoms with E-state index in [2.05, 4.69) is 5.32 Å². The number of aromatic carboxylic acids is 1. The number of hydrogen-bond donors (Lipinski definition) is 2. The van der Waals surface area contributed by atoms with Gasteiger partial charge in [0.15, 0.2) is 0 Å². The van der Waals surface area contributed by atoms with Crippen LogP contribution in [-0.2, 0) is 0 Å². The number of hydrogen-bond acceptors (Lipinski definition) is 2. The molecule has 0 atom stereocenters. The van der Waals surface area contributed by atoms with Gasteiger partial charge in [-0.05, 0) is 40.6 Å². The van der Waals surface area contributed by atoms with Gasteiger partial charge in [-0.3, -0.25) is 4.79 Å². The summed E-state index contributed by atoms with van der Waals surface area (Å²) >= 11 is 0. The van der Waals surface area contributed by atoms with Crippen molar-refractivity contribution in [2.75, 3.05) is 5.32 Å². The van der Waals surface area contributed by atoms with E-state index >= 15 is 0 Å². The van der Waals surface area contributed by atoms with Crippen molar-refractivity contribution in [2.24, 2.45) is 0 Å². The molecule has 0 aliphatic carbocycles. The van der Waals surface area contributed by atoms with Gasteiger partial charge in [0.1, 0.15) is 0 Å². The highest BCUT2D eigenvalue weighted by atomic mass is 16.4. The number of anilines is 1. The molecular weight excluding hydrogens is 278 g/mol. The van der Waals surface area contributed by atoms with Crippen molar-refractivity contribution in [1.29, 1.82) is 0 Å². The molecule has 1 aliphatic rings. The van der Waals surface area contributed by atoms with Crippen LogP contribution in [0.15, 0.2) is 54.6 Å². The average Bonchev–Trinajstić information content (AvgIpc) is 2.63. The van der Waals surface area contributed by atoms with Crippen LogP contribution in [0.25, 0.3) is 21.9 Å². The fourth-order valence-corrected chi connectivity index (χ4v) is 2.98. The van der Waals surface area contributed by atoms with Crippen molar-refractivity contribution in [2.45, 2.75) is 0 Å². The summed E-state index contributed by atoms with van der Waals surface area (Å²) in [6.45, 7) is 0. The zero-order chi connectivity index (χ0) is 15.3. The average molecular weight is 289 g/mol. The maximum absolute atomic E-state index is 12.5. The summed E-state index contributed by atoms with van der Waals surface area (Å²) in [6.07, 6.45) is 0. The highest BCUT2D eigenvalue weighted by Crippen LogP contribution is 2.38. The second-order valence-electron chi connectivity index (χ2n) is 5.23. The Bertz CT molecular complexity index is 960.